The molecular formula is C20H30N4O13. The third-order valence-corrected chi connectivity index (χ3v) is 4.85. The minimum absolute atomic E-state index is 0.255. The van der Waals surface area contributed by atoms with Crippen LogP contribution in [0.15, 0.2) is 0 Å². The number of carboxylic acids is 5. The van der Waals surface area contributed by atoms with Gasteiger partial charge in [-0.05, 0) is 25.7 Å². The van der Waals surface area contributed by atoms with Crippen molar-refractivity contribution in [2.45, 2.75) is 75.5 Å². The Morgan fingerprint density at radius 2 is 0.838 bits per heavy atom. The first-order valence-electron chi connectivity index (χ1n) is 10.9. The fourth-order valence-corrected chi connectivity index (χ4v) is 2.81. The molecule has 0 spiro atoms. The van der Waals surface area contributed by atoms with Crippen molar-refractivity contribution in [1.82, 2.24) is 16.0 Å². The number of carboxylic acid groups (broad SMARTS) is 5. The summed E-state index contributed by atoms with van der Waals surface area (Å²) in [5.74, 6) is -9.80. The van der Waals surface area contributed by atoms with Crippen LogP contribution in [-0.4, -0.2) is 97.3 Å². The third-order valence-electron chi connectivity index (χ3n) is 4.85. The molecule has 0 aromatic heterocycles. The average Bonchev–Trinajstić information content (AvgIpc) is 2.79. The lowest BCUT2D eigenvalue weighted by molar-refractivity contribution is -0.144. The second-order valence-corrected chi connectivity index (χ2v) is 7.86. The molecule has 0 saturated carbocycles. The topological polar surface area (TPSA) is 300 Å². The summed E-state index contributed by atoms with van der Waals surface area (Å²) in [6.07, 6.45) is -3.62. The Morgan fingerprint density at radius 3 is 1.19 bits per heavy atom. The SMILES string of the molecule is N[C@@H](CCC(=O)O)C(=O)N[C@@H](CCC(=O)N[C@@H](CCC(=O)N[C@@H](CCC(=O)O)C(=O)O)C(=O)O)C(=O)O. The average molecular weight is 534 g/mol. The van der Waals surface area contributed by atoms with Crippen molar-refractivity contribution in [3.8, 4) is 0 Å². The van der Waals surface area contributed by atoms with E-state index in [1.54, 1.807) is 0 Å². The first-order valence-corrected chi connectivity index (χ1v) is 10.9. The Hall–Kier alpha value is -4.28. The minimum atomic E-state index is -1.59. The summed E-state index contributed by atoms with van der Waals surface area (Å²) < 4.78 is 0. The smallest absolute Gasteiger partial charge is 0.326 e. The molecule has 37 heavy (non-hydrogen) atoms. The van der Waals surface area contributed by atoms with Gasteiger partial charge in [0.05, 0.1) is 6.04 Å². The van der Waals surface area contributed by atoms with Crippen LogP contribution in [0.5, 0.6) is 0 Å². The molecular weight excluding hydrogens is 504 g/mol. The number of nitrogens with one attached hydrogen (secondary N) is 3. The normalized spacial score (nSPS) is 13.8. The monoisotopic (exact) mass is 534 g/mol. The van der Waals surface area contributed by atoms with Crippen LogP contribution < -0.4 is 21.7 Å². The van der Waals surface area contributed by atoms with Crippen molar-refractivity contribution in [1.29, 1.82) is 0 Å². The maximum atomic E-state index is 12.1. The van der Waals surface area contributed by atoms with Gasteiger partial charge in [-0.1, -0.05) is 0 Å². The summed E-state index contributed by atoms with van der Waals surface area (Å²) in [6.45, 7) is 0. The van der Waals surface area contributed by atoms with E-state index < -0.39 is 117 Å². The van der Waals surface area contributed by atoms with Gasteiger partial charge in [0.2, 0.25) is 17.7 Å². The molecule has 0 aromatic rings. The van der Waals surface area contributed by atoms with E-state index in [0.29, 0.717) is 0 Å². The number of hydrogen-bond acceptors (Lipinski definition) is 9. The van der Waals surface area contributed by atoms with Crippen LogP contribution in [-0.2, 0) is 38.4 Å². The van der Waals surface area contributed by atoms with Gasteiger partial charge in [0.1, 0.15) is 18.1 Å². The maximum absolute atomic E-state index is 12.1. The molecule has 0 bridgehead atoms. The highest BCUT2D eigenvalue weighted by molar-refractivity contribution is 5.88. The Bertz CT molecular complexity index is 891. The van der Waals surface area contributed by atoms with Crippen LogP contribution in [0.4, 0.5) is 0 Å². The lowest BCUT2D eigenvalue weighted by Gasteiger charge is -2.19. The quantitative estimate of drug-likeness (QED) is 0.0815. The van der Waals surface area contributed by atoms with E-state index >= 15 is 0 Å². The number of carbonyl (C=O) groups is 8. The maximum Gasteiger partial charge on any atom is 0.326 e. The van der Waals surface area contributed by atoms with Gasteiger partial charge in [0.25, 0.3) is 0 Å². The van der Waals surface area contributed by atoms with Gasteiger partial charge in [0.15, 0.2) is 0 Å². The summed E-state index contributed by atoms with van der Waals surface area (Å²) in [7, 11) is 0. The Kier molecular flexibility index (Phi) is 14.5. The van der Waals surface area contributed by atoms with Crippen molar-refractivity contribution in [3.05, 3.63) is 0 Å². The van der Waals surface area contributed by atoms with Crippen LogP contribution >= 0.6 is 0 Å². The first kappa shape index (κ1) is 32.7. The molecule has 0 aromatic carbocycles. The van der Waals surface area contributed by atoms with Crippen LogP contribution in [0.2, 0.25) is 0 Å². The summed E-state index contributed by atoms with van der Waals surface area (Å²) in [6, 6.07) is -5.99. The van der Waals surface area contributed by atoms with Gasteiger partial charge in [-0.25, -0.2) is 14.4 Å². The van der Waals surface area contributed by atoms with Crippen molar-refractivity contribution < 1.29 is 63.9 Å². The molecule has 0 saturated heterocycles. The van der Waals surface area contributed by atoms with Crippen molar-refractivity contribution in [2.75, 3.05) is 0 Å². The second-order valence-electron chi connectivity index (χ2n) is 7.86. The summed E-state index contributed by atoms with van der Waals surface area (Å²) >= 11 is 0. The molecule has 4 atom stereocenters. The van der Waals surface area contributed by atoms with E-state index in [1.807, 2.05) is 0 Å². The number of nitrogens with two attached hydrogens (primary N) is 1. The van der Waals surface area contributed by atoms with Crippen LogP contribution in [0, 0.1) is 0 Å². The van der Waals surface area contributed by atoms with Gasteiger partial charge in [0, 0.05) is 25.7 Å². The molecule has 0 fully saturated rings. The molecule has 17 heteroatoms. The molecule has 0 heterocycles. The Labute approximate surface area is 209 Å². The first-order chi connectivity index (χ1) is 17.1. The number of amides is 3. The van der Waals surface area contributed by atoms with Crippen molar-refractivity contribution in [3.63, 3.8) is 0 Å². The molecule has 0 radical (unpaired) electrons. The van der Waals surface area contributed by atoms with Gasteiger partial charge < -0.3 is 47.2 Å². The van der Waals surface area contributed by atoms with Gasteiger partial charge in [-0.2, -0.15) is 0 Å². The summed E-state index contributed by atoms with van der Waals surface area (Å²) in [5.41, 5.74) is 5.50. The zero-order chi connectivity index (χ0) is 28.7. The summed E-state index contributed by atoms with van der Waals surface area (Å²) in [5, 5.41) is 51.0. The summed E-state index contributed by atoms with van der Waals surface area (Å²) in [4.78, 5) is 91.1. The van der Waals surface area contributed by atoms with Gasteiger partial charge in [-0.3, -0.25) is 24.0 Å². The molecule has 0 aliphatic heterocycles. The standard InChI is InChI=1S/C20H30N4O13/c21-9(1-7-15(27)28)17(31)24-12(20(36)37)3-6-14(26)22-10(18(32)33)2-5-13(25)23-11(19(34)35)4-8-16(29)30/h9-12H,1-8,21H2,(H,22,26)(H,23,25)(H,24,31)(H,27,28)(H,29,30)(H,32,33)(H,34,35)(H,36,37)/t9-,10-,11-,12-/m0/s1. The highest BCUT2D eigenvalue weighted by Gasteiger charge is 2.27. The van der Waals surface area contributed by atoms with E-state index in [1.165, 1.54) is 0 Å². The molecule has 17 nitrogen and oxygen atoms in total. The second kappa shape index (κ2) is 16.4. The minimum Gasteiger partial charge on any atom is -0.481 e. The molecule has 10 N–H and O–H groups in total. The molecule has 0 unspecified atom stereocenters. The number of rotatable bonds is 19. The molecule has 3 amide bonds. The predicted octanol–water partition coefficient (Wildman–Crippen LogP) is -2.69. The van der Waals surface area contributed by atoms with Gasteiger partial charge in [-0.15, -0.1) is 0 Å². The van der Waals surface area contributed by atoms with E-state index in [-0.39, 0.29) is 6.42 Å². The van der Waals surface area contributed by atoms with Crippen LogP contribution in [0.3, 0.4) is 0 Å². The highest BCUT2D eigenvalue weighted by Crippen LogP contribution is 2.05. The molecule has 208 valence electrons. The predicted molar refractivity (Wildman–Crippen MR) is 119 cm³/mol. The fourth-order valence-electron chi connectivity index (χ4n) is 2.81. The van der Waals surface area contributed by atoms with Crippen molar-refractivity contribution >= 4 is 47.6 Å². The van der Waals surface area contributed by atoms with Crippen LogP contribution in [0.25, 0.3) is 0 Å². The van der Waals surface area contributed by atoms with Crippen molar-refractivity contribution in [2.24, 2.45) is 5.73 Å². The zero-order valence-electron chi connectivity index (χ0n) is 19.5. The van der Waals surface area contributed by atoms with E-state index in [9.17, 15) is 48.6 Å². The van der Waals surface area contributed by atoms with Gasteiger partial charge >= 0.3 is 29.8 Å². The molecule has 0 rings (SSSR count). The molecule has 0 aliphatic carbocycles. The van der Waals surface area contributed by atoms with E-state index in [4.69, 9.17) is 21.1 Å². The largest absolute Gasteiger partial charge is 0.481 e. The fraction of sp³-hybridized carbons (Fsp3) is 0.600. The highest BCUT2D eigenvalue weighted by atomic mass is 16.4. The number of hydrogen-bond donors (Lipinski definition) is 9. The van der Waals surface area contributed by atoms with E-state index in [2.05, 4.69) is 16.0 Å². The third kappa shape index (κ3) is 14.7. The zero-order valence-corrected chi connectivity index (χ0v) is 19.5. The van der Waals surface area contributed by atoms with Crippen LogP contribution in [0.1, 0.15) is 51.4 Å². The number of carbonyl (C=O) groups excluding carboxylic acids is 3. The Morgan fingerprint density at radius 1 is 0.514 bits per heavy atom. The van der Waals surface area contributed by atoms with E-state index in [0.717, 1.165) is 0 Å². The Balaban J connectivity index is 4.83. The number of aliphatic carboxylic acids is 5. The lowest BCUT2D eigenvalue weighted by Crippen LogP contribution is -2.49. The molecule has 0 aliphatic rings. The lowest BCUT2D eigenvalue weighted by atomic mass is 10.1.